The van der Waals surface area contributed by atoms with Crippen LogP contribution in [0.25, 0.3) is 10.8 Å². The summed E-state index contributed by atoms with van der Waals surface area (Å²) in [5.41, 5.74) is 0.299. The highest BCUT2D eigenvalue weighted by molar-refractivity contribution is 9.10. The normalized spacial score (nSPS) is 10.5. The Kier molecular flexibility index (Phi) is 4.49. The van der Waals surface area contributed by atoms with Crippen LogP contribution in [-0.2, 0) is 13.1 Å². The zero-order chi connectivity index (χ0) is 17.1. The summed E-state index contributed by atoms with van der Waals surface area (Å²) in [4.78, 5) is 24.4. The lowest BCUT2D eigenvalue weighted by atomic mass is 10.1. The van der Waals surface area contributed by atoms with Crippen LogP contribution in [0.3, 0.4) is 0 Å². The number of hydrogen-bond acceptors (Lipinski definition) is 4. The highest BCUT2D eigenvalue weighted by Gasteiger charge is 2.13. The molecule has 0 aliphatic carbocycles. The van der Waals surface area contributed by atoms with Gasteiger partial charge in [-0.05, 0) is 34.1 Å². The van der Waals surface area contributed by atoms with Crippen molar-refractivity contribution in [2.45, 2.75) is 13.1 Å². The molecule has 0 aliphatic heterocycles. The highest BCUT2D eigenvalue weighted by atomic mass is 79.9. The monoisotopic (exact) mass is 385 g/mol. The Morgan fingerprint density at radius 3 is 2.71 bits per heavy atom. The predicted octanol–water partition coefficient (Wildman–Crippen LogP) is 2.32. The first-order chi connectivity index (χ1) is 11.6. The number of fused-ring (bicyclic) bond motifs is 1. The molecule has 1 N–H and O–H groups in total. The second-order valence-electron chi connectivity index (χ2n) is 4.95. The smallest absolute Gasteiger partial charge is 0.287 e. The largest absolute Gasteiger partial charge is 0.444 e. The van der Waals surface area contributed by atoms with Crippen LogP contribution in [0.5, 0.6) is 0 Å². The molecule has 0 atom stereocenters. The fraction of sp³-hybridized carbons (Fsp3) is 0.118. The third kappa shape index (κ3) is 3.09. The molecule has 6 nitrogen and oxygen atoms in total. The van der Waals surface area contributed by atoms with E-state index in [4.69, 9.17) is 10.8 Å². The number of amides is 1. The summed E-state index contributed by atoms with van der Waals surface area (Å²) in [6.45, 7) is 0.207. The van der Waals surface area contributed by atoms with E-state index in [0.717, 1.165) is 0 Å². The lowest BCUT2D eigenvalue weighted by molar-refractivity contribution is 0.0921. The van der Waals surface area contributed by atoms with Crippen molar-refractivity contribution in [1.29, 1.82) is 0 Å². The van der Waals surface area contributed by atoms with Gasteiger partial charge in [-0.15, -0.1) is 6.42 Å². The van der Waals surface area contributed by atoms with Crippen LogP contribution in [0.15, 0.2) is 50.3 Å². The van der Waals surface area contributed by atoms with Crippen LogP contribution in [0, 0.1) is 12.3 Å². The van der Waals surface area contributed by atoms with Crippen LogP contribution < -0.4 is 10.9 Å². The number of furan rings is 1. The number of halogens is 1. The SMILES string of the molecule is C#CCn1nc(CNC(=O)c2ccc(Br)o2)c2ccccc2c1=O. The number of hydrogen-bond donors (Lipinski definition) is 1. The van der Waals surface area contributed by atoms with Gasteiger partial charge in [0, 0.05) is 5.39 Å². The Balaban J connectivity index is 1.94. The summed E-state index contributed by atoms with van der Waals surface area (Å²) in [6, 6.07) is 10.3. The Morgan fingerprint density at radius 2 is 2.04 bits per heavy atom. The predicted molar refractivity (Wildman–Crippen MR) is 92.4 cm³/mol. The average Bonchev–Trinajstić information content (AvgIpc) is 3.03. The zero-order valence-electron chi connectivity index (χ0n) is 12.5. The first-order valence-corrected chi connectivity index (χ1v) is 7.85. The van der Waals surface area contributed by atoms with Crippen molar-refractivity contribution < 1.29 is 9.21 Å². The number of carbonyl (C=O) groups is 1. The van der Waals surface area contributed by atoms with E-state index in [0.29, 0.717) is 21.1 Å². The lowest BCUT2D eigenvalue weighted by Gasteiger charge is -2.09. The molecule has 2 aromatic heterocycles. The summed E-state index contributed by atoms with van der Waals surface area (Å²) < 4.78 is 6.89. The highest BCUT2D eigenvalue weighted by Crippen LogP contribution is 2.15. The van der Waals surface area contributed by atoms with Gasteiger partial charge in [-0.25, -0.2) is 4.68 Å². The van der Waals surface area contributed by atoms with Crippen molar-refractivity contribution >= 4 is 32.6 Å². The van der Waals surface area contributed by atoms with Crippen molar-refractivity contribution in [3.63, 3.8) is 0 Å². The minimum atomic E-state index is -0.374. The summed E-state index contributed by atoms with van der Waals surface area (Å²) in [6.07, 6.45) is 5.29. The molecule has 0 radical (unpaired) electrons. The minimum absolute atomic E-state index is 0.0652. The van der Waals surface area contributed by atoms with E-state index in [-0.39, 0.29) is 30.3 Å². The molecular formula is C17H12BrN3O3. The lowest BCUT2D eigenvalue weighted by Crippen LogP contribution is -2.28. The first-order valence-electron chi connectivity index (χ1n) is 7.06. The molecule has 7 heteroatoms. The van der Waals surface area contributed by atoms with Gasteiger partial charge >= 0.3 is 0 Å². The van der Waals surface area contributed by atoms with Gasteiger partial charge in [0.05, 0.1) is 17.6 Å². The van der Waals surface area contributed by atoms with E-state index in [2.05, 4.69) is 32.3 Å². The molecule has 2 heterocycles. The van der Waals surface area contributed by atoms with Crippen molar-refractivity contribution in [3.05, 3.63) is 62.9 Å². The van der Waals surface area contributed by atoms with Gasteiger partial charge in [-0.2, -0.15) is 5.10 Å². The van der Waals surface area contributed by atoms with Crippen LogP contribution in [0.1, 0.15) is 16.2 Å². The Bertz CT molecular complexity index is 1010. The minimum Gasteiger partial charge on any atom is -0.444 e. The summed E-state index contributed by atoms with van der Waals surface area (Å²) in [5, 5.41) is 8.18. The van der Waals surface area contributed by atoms with Gasteiger partial charge in [0.25, 0.3) is 11.5 Å². The number of carbonyl (C=O) groups excluding carboxylic acids is 1. The molecule has 0 aliphatic rings. The van der Waals surface area contributed by atoms with Gasteiger partial charge in [-0.1, -0.05) is 24.1 Å². The molecule has 0 spiro atoms. The fourth-order valence-electron chi connectivity index (χ4n) is 2.32. The molecule has 1 amide bonds. The number of benzene rings is 1. The van der Waals surface area contributed by atoms with Gasteiger partial charge in [0.2, 0.25) is 0 Å². The van der Waals surface area contributed by atoms with Gasteiger partial charge in [-0.3, -0.25) is 9.59 Å². The van der Waals surface area contributed by atoms with E-state index < -0.39 is 0 Å². The molecule has 1 aromatic carbocycles. The molecule has 3 aromatic rings. The molecule has 0 bridgehead atoms. The molecule has 0 saturated carbocycles. The number of nitrogens with one attached hydrogen (secondary N) is 1. The van der Waals surface area contributed by atoms with Gasteiger partial charge in [0.1, 0.15) is 6.54 Å². The Labute approximate surface area is 145 Å². The number of rotatable bonds is 4. The first kappa shape index (κ1) is 16.0. The standard InChI is InChI=1S/C17H12BrN3O3/c1-2-9-21-17(23)12-6-4-3-5-11(12)13(20-21)10-19-16(22)14-7-8-15(18)24-14/h1,3-8H,9-10H2,(H,19,22). The van der Waals surface area contributed by atoms with Gasteiger partial charge in [0.15, 0.2) is 10.4 Å². The zero-order valence-corrected chi connectivity index (χ0v) is 14.0. The summed E-state index contributed by atoms with van der Waals surface area (Å²) in [7, 11) is 0. The summed E-state index contributed by atoms with van der Waals surface area (Å²) >= 11 is 3.15. The third-order valence-corrected chi connectivity index (χ3v) is 3.82. The molecule has 0 fully saturated rings. The second-order valence-corrected chi connectivity index (χ2v) is 5.73. The fourth-order valence-corrected chi connectivity index (χ4v) is 2.62. The van der Waals surface area contributed by atoms with Crippen molar-refractivity contribution in [3.8, 4) is 12.3 Å². The number of aromatic nitrogens is 2. The Morgan fingerprint density at radius 1 is 1.29 bits per heavy atom. The van der Waals surface area contributed by atoms with Crippen molar-refractivity contribution in [2.75, 3.05) is 0 Å². The van der Waals surface area contributed by atoms with Gasteiger partial charge < -0.3 is 9.73 Å². The molecule has 0 saturated heterocycles. The molecule has 24 heavy (non-hydrogen) atoms. The number of terminal acetylenes is 1. The Hall–Kier alpha value is -2.85. The maximum Gasteiger partial charge on any atom is 0.287 e. The van der Waals surface area contributed by atoms with E-state index in [1.54, 1.807) is 30.3 Å². The second kappa shape index (κ2) is 6.72. The van der Waals surface area contributed by atoms with Crippen LogP contribution in [-0.4, -0.2) is 15.7 Å². The average molecular weight is 386 g/mol. The molecular weight excluding hydrogens is 374 g/mol. The molecule has 3 rings (SSSR count). The third-order valence-electron chi connectivity index (χ3n) is 3.40. The molecule has 120 valence electrons. The van der Waals surface area contributed by atoms with E-state index in [1.807, 2.05) is 6.07 Å². The maximum absolute atomic E-state index is 12.3. The maximum atomic E-state index is 12.3. The summed E-state index contributed by atoms with van der Waals surface area (Å²) in [5.74, 6) is 2.21. The van der Waals surface area contributed by atoms with Crippen molar-refractivity contribution in [2.24, 2.45) is 0 Å². The number of nitrogens with zero attached hydrogens (tertiary/aromatic N) is 2. The van der Waals surface area contributed by atoms with E-state index >= 15 is 0 Å². The van der Waals surface area contributed by atoms with Crippen LogP contribution >= 0.6 is 15.9 Å². The topological polar surface area (TPSA) is 77.1 Å². The van der Waals surface area contributed by atoms with Crippen LogP contribution in [0.2, 0.25) is 0 Å². The van der Waals surface area contributed by atoms with E-state index in [1.165, 1.54) is 4.68 Å². The quantitative estimate of drug-likeness (QED) is 0.699. The van der Waals surface area contributed by atoms with E-state index in [9.17, 15) is 9.59 Å². The van der Waals surface area contributed by atoms with Crippen LogP contribution in [0.4, 0.5) is 0 Å². The van der Waals surface area contributed by atoms with Crippen molar-refractivity contribution in [1.82, 2.24) is 15.1 Å². The molecule has 0 unspecified atom stereocenters.